The summed E-state index contributed by atoms with van der Waals surface area (Å²) >= 11 is 3.52. The van der Waals surface area contributed by atoms with E-state index in [1.165, 1.54) is 0 Å². The van der Waals surface area contributed by atoms with Gasteiger partial charge in [0.1, 0.15) is 0 Å². The van der Waals surface area contributed by atoms with Crippen LogP contribution in [-0.2, 0) is 0 Å². The summed E-state index contributed by atoms with van der Waals surface area (Å²) in [4.78, 5) is 2.30. The van der Waals surface area contributed by atoms with Crippen molar-refractivity contribution in [1.82, 2.24) is 0 Å². The van der Waals surface area contributed by atoms with Gasteiger partial charge < -0.3 is 15.7 Å². The van der Waals surface area contributed by atoms with Gasteiger partial charge in [-0.2, -0.15) is 0 Å². The second kappa shape index (κ2) is 5.59. The van der Waals surface area contributed by atoms with Crippen molar-refractivity contribution in [3.63, 3.8) is 0 Å². The second-order valence-electron chi connectivity index (χ2n) is 5.20. The third-order valence-electron chi connectivity index (χ3n) is 3.86. The van der Waals surface area contributed by atoms with Gasteiger partial charge in [-0.15, -0.1) is 0 Å². The molecule has 4 heteroatoms. The Morgan fingerprint density at radius 2 is 2.28 bits per heavy atom. The molecule has 2 rings (SSSR count). The first-order chi connectivity index (χ1) is 8.54. The molecule has 3 nitrogen and oxygen atoms in total. The Balaban J connectivity index is 2.40. The molecule has 1 aromatic rings. The van der Waals surface area contributed by atoms with E-state index in [0.717, 1.165) is 28.7 Å². The van der Waals surface area contributed by atoms with Gasteiger partial charge in [0.15, 0.2) is 0 Å². The van der Waals surface area contributed by atoms with Gasteiger partial charge in [0.05, 0.1) is 12.6 Å². The molecule has 3 atom stereocenters. The maximum Gasteiger partial charge on any atom is 0.0637 e. The first-order valence-corrected chi connectivity index (χ1v) is 7.26. The van der Waals surface area contributed by atoms with Crippen molar-refractivity contribution in [1.29, 1.82) is 0 Å². The van der Waals surface area contributed by atoms with Crippen LogP contribution in [0.15, 0.2) is 22.7 Å². The highest BCUT2D eigenvalue weighted by Gasteiger charge is 2.32. The normalized spacial score (nSPS) is 25.5. The molecule has 100 valence electrons. The number of anilines is 1. The molecule has 18 heavy (non-hydrogen) atoms. The molecular formula is C14H21BrN2O. The highest BCUT2D eigenvalue weighted by molar-refractivity contribution is 9.10. The van der Waals surface area contributed by atoms with Gasteiger partial charge in [0.25, 0.3) is 0 Å². The van der Waals surface area contributed by atoms with E-state index in [4.69, 9.17) is 5.73 Å². The summed E-state index contributed by atoms with van der Waals surface area (Å²) < 4.78 is 1.05. The number of nitrogens with two attached hydrogens (primary N) is 1. The third-order valence-corrected chi connectivity index (χ3v) is 4.36. The summed E-state index contributed by atoms with van der Waals surface area (Å²) in [6, 6.07) is 6.41. The Bertz CT molecular complexity index is 422. The van der Waals surface area contributed by atoms with Crippen LogP contribution in [0.2, 0.25) is 0 Å². The van der Waals surface area contributed by atoms with Crippen molar-refractivity contribution < 1.29 is 5.11 Å². The molecule has 1 fully saturated rings. The van der Waals surface area contributed by atoms with E-state index in [9.17, 15) is 5.11 Å². The minimum Gasteiger partial charge on any atom is -0.394 e. The average molecular weight is 313 g/mol. The molecule has 0 radical (unpaired) electrons. The van der Waals surface area contributed by atoms with Gasteiger partial charge in [-0.3, -0.25) is 0 Å². The molecular weight excluding hydrogens is 292 g/mol. The average Bonchev–Trinajstić information content (AvgIpc) is 2.69. The largest absolute Gasteiger partial charge is 0.394 e. The lowest BCUT2D eigenvalue weighted by Gasteiger charge is -2.30. The van der Waals surface area contributed by atoms with Crippen molar-refractivity contribution in [3.8, 4) is 0 Å². The Morgan fingerprint density at radius 1 is 1.56 bits per heavy atom. The van der Waals surface area contributed by atoms with Gasteiger partial charge in [-0.1, -0.05) is 28.9 Å². The highest BCUT2D eigenvalue weighted by atomic mass is 79.9. The Hall–Kier alpha value is -0.580. The maximum absolute atomic E-state index is 9.58. The van der Waals surface area contributed by atoms with Crippen LogP contribution in [0.5, 0.6) is 0 Å². The molecule has 0 bridgehead atoms. The summed E-state index contributed by atoms with van der Waals surface area (Å²) in [5, 5.41) is 9.58. The summed E-state index contributed by atoms with van der Waals surface area (Å²) in [5.74, 6) is 0.523. The number of benzene rings is 1. The topological polar surface area (TPSA) is 49.5 Å². The van der Waals surface area contributed by atoms with Crippen LogP contribution in [0.3, 0.4) is 0 Å². The summed E-state index contributed by atoms with van der Waals surface area (Å²) in [6.45, 7) is 5.39. The van der Waals surface area contributed by atoms with Crippen LogP contribution in [0, 0.1) is 5.92 Å². The van der Waals surface area contributed by atoms with Crippen molar-refractivity contribution in [3.05, 3.63) is 28.2 Å². The lowest BCUT2D eigenvalue weighted by atomic mass is 10.0. The second-order valence-corrected chi connectivity index (χ2v) is 6.12. The smallest absolute Gasteiger partial charge is 0.0637 e. The monoisotopic (exact) mass is 312 g/mol. The zero-order valence-corrected chi connectivity index (χ0v) is 12.5. The molecule has 1 saturated heterocycles. The van der Waals surface area contributed by atoms with Crippen molar-refractivity contribution in [2.24, 2.45) is 11.7 Å². The highest BCUT2D eigenvalue weighted by Crippen LogP contribution is 2.35. The Morgan fingerprint density at radius 3 is 2.89 bits per heavy atom. The van der Waals surface area contributed by atoms with E-state index in [-0.39, 0.29) is 18.7 Å². The lowest BCUT2D eigenvalue weighted by molar-refractivity contribution is 0.244. The van der Waals surface area contributed by atoms with Gasteiger partial charge in [0.2, 0.25) is 0 Å². The molecule has 0 amide bonds. The minimum absolute atomic E-state index is 0.00310. The molecule has 1 aromatic carbocycles. The summed E-state index contributed by atoms with van der Waals surface area (Å²) in [7, 11) is 0. The minimum atomic E-state index is 0.00310. The first-order valence-electron chi connectivity index (χ1n) is 6.47. The van der Waals surface area contributed by atoms with Crippen LogP contribution < -0.4 is 10.6 Å². The first kappa shape index (κ1) is 13.8. The molecule has 0 spiro atoms. The zero-order chi connectivity index (χ0) is 13.3. The number of aliphatic hydroxyl groups excluding tert-OH is 1. The SMILES string of the molecule is CC(N)c1ccc(Br)cc1N1CCC(C)C1CO. The summed E-state index contributed by atoms with van der Waals surface area (Å²) in [6.07, 6.45) is 1.12. The van der Waals surface area contributed by atoms with Gasteiger partial charge in [-0.25, -0.2) is 0 Å². The number of hydrogen-bond donors (Lipinski definition) is 2. The molecule has 0 aromatic heterocycles. The molecule has 1 heterocycles. The predicted octanol–water partition coefficient (Wildman–Crippen LogP) is 2.68. The zero-order valence-electron chi connectivity index (χ0n) is 10.9. The standard InChI is InChI=1S/C14H21BrN2O/c1-9-5-6-17(14(9)8-18)13-7-11(15)3-4-12(13)10(2)16/h3-4,7,9-10,14,18H,5-6,8,16H2,1-2H3. The summed E-state index contributed by atoms with van der Waals surface area (Å²) in [5.41, 5.74) is 8.35. The number of aliphatic hydroxyl groups is 1. The quantitative estimate of drug-likeness (QED) is 0.902. The molecule has 1 aliphatic heterocycles. The van der Waals surface area contributed by atoms with Gasteiger partial charge >= 0.3 is 0 Å². The van der Waals surface area contributed by atoms with E-state index < -0.39 is 0 Å². The Labute approximate surface area is 117 Å². The van der Waals surface area contributed by atoms with Crippen LogP contribution in [0.4, 0.5) is 5.69 Å². The van der Waals surface area contributed by atoms with Crippen LogP contribution in [0.1, 0.15) is 31.9 Å². The number of nitrogens with zero attached hydrogens (tertiary/aromatic N) is 1. The molecule has 3 N–H and O–H groups in total. The predicted molar refractivity (Wildman–Crippen MR) is 78.7 cm³/mol. The van der Waals surface area contributed by atoms with Crippen molar-refractivity contribution in [2.45, 2.75) is 32.4 Å². The lowest BCUT2D eigenvalue weighted by Crippen LogP contribution is -2.36. The van der Waals surface area contributed by atoms with Crippen LogP contribution in [-0.4, -0.2) is 24.3 Å². The number of rotatable bonds is 3. The number of halogens is 1. The molecule has 3 unspecified atom stereocenters. The Kier molecular flexibility index (Phi) is 4.30. The number of hydrogen-bond acceptors (Lipinski definition) is 3. The van der Waals surface area contributed by atoms with Gasteiger partial charge in [-0.05, 0) is 37.0 Å². The molecule has 0 saturated carbocycles. The van der Waals surface area contributed by atoms with Crippen molar-refractivity contribution >= 4 is 21.6 Å². The fourth-order valence-corrected chi connectivity index (χ4v) is 3.09. The molecule has 0 aliphatic carbocycles. The third kappa shape index (κ3) is 2.56. The van der Waals surface area contributed by atoms with Crippen molar-refractivity contribution in [2.75, 3.05) is 18.1 Å². The van der Waals surface area contributed by atoms with E-state index in [1.807, 2.05) is 13.0 Å². The van der Waals surface area contributed by atoms with Crippen LogP contribution in [0.25, 0.3) is 0 Å². The fourth-order valence-electron chi connectivity index (χ4n) is 2.74. The fraction of sp³-hybridized carbons (Fsp3) is 0.571. The van der Waals surface area contributed by atoms with Crippen LogP contribution >= 0.6 is 15.9 Å². The van der Waals surface area contributed by atoms with E-state index >= 15 is 0 Å². The molecule has 1 aliphatic rings. The van der Waals surface area contributed by atoms with E-state index in [1.54, 1.807) is 0 Å². The van der Waals surface area contributed by atoms with E-state index in [0.29, 0.717) is 5.92 Å². The maximum atomic E-state index is 9.58. The van der Waals surface area contributed by atoms with Gasteiger partial charge in [0, 0.05) is 22.7 Å². The van der Waals surface area contributed by atoms with E-state index in [2.05, 4.69) is 39.9 Å².